The number of carbonyl (C=O) groups excluding carboxylic acids is 4. The zero-order valence-electron chi connectivity index (χ0n) is 25.5. The molecule has 17 heteroatoms. The molecule has 0 aromatic heterocycles. The predicted molar refractivity (Wildman–Crippen MR) is 153 cm³/mol. The standard InChI is InChI=1S/C30H35F5N2O10/c1-19(38)46-18-20-2-4-21(5-3-20)37-23(40)7-11-43-16-17-45-13-9-36-22(39)6-10-42-14-15-44-12-8-24(41)47-30-28(34)26(32)25(31)27(33)29(30)35/h2-5H,6-18H2,1H3,(H,36,39)(H,37,40). The van der Waals surface area contributed by atoms with Crippen molar-refractivity contribution in [2.24, 2.45) is 0 Å². The normalized spacial score (nSPS) is 10.9. The third kappa shape index (κ3) is 15.3. The molecule has 0 unspecified atom stereocenters. The summed E-state index contributed by atoms with van der Waals surface area (Å²) in [4.78, 5) is 46.3. The maximum atomic E-state index is 13.5. The third-order valence-electron chi connectivity index (χ3n) is 5.78. The Morgan fingerprint density at radius 2 is 1.11 bits per heavy atom. The summed E-state index contributed by atoms with van der Waals surface area (Å²) < 4.78 is 96.5. The van der Waals surface area contributed by atoms with Crippen molar-refractivity contribution in [1.82, 2.24) is 5.32 Å². The van der Waals surface area contributed by atoms with Crippen LogP contribution in [0.15, 0.2) is 24.3 Å². The highest BCUT2D eigenvalue weighted by Crippen LogP contribution is 2.29. The smallest absolute Gasteiger partial charge is 0.313 e. The molecule has 2 rings (SSSR count). The third-order valence-corrected chi connectivity index (χ3v) is 5.78. The topological polar surface area (TPSA) is 148 Å². The van der Waals surface area contributed by atoms with Crippen LogP contribution in [0.5, 0.6) is 5.75 Å². The molecule has 0 fully saturated rings. The van der Waals surface area contributed by atoms with Crippen LogP contribution >= 0.6 is 0 Å². The Morgan fingerprint density at radius 3 is 1.66 bits per heavy atom. The van der Waals surface area contributed by atoms with Crippen molar-refractivity contribution < 1.29 is 69.6 Å². The summed E-state index contributed by atoms with van der Waals surface area (Å²) in [5.74, 6) is -15.2. The Bertz CT molecular complexity index is 1300. The van der Waals surface area contributed by atoms with Gasteiger partial charge < -0.3 is 39.1 Å². The predicted octanol–water partition coefficient (Wildman–Crippen LogP) is 3.34. The molecule has 260 valence electrons. The number of hydrogen-bond donors (Lipinski definition) is 2. The van der Waals surface area contributed by atoms with E-state index in [1.807, 2.05) is 0 Å². The molecule has 0 atom stereocenters. The van der Waals surface area contributed by atoms with Crippen molar-refractivity contribution in [3.63, 3.8) is 0 Å². The van der Waals surface area contributed by atoms with Crippen molar-refractivity contribution in [1.29, 1.82) is 0 Å². The van der Waals surface area contributed by atoms with Gasteiger partial charge in [-0.3, -0.25) is 19.2 Å². The molecule has 2 aromatic carbocycles. The van der Waals surface area contributed by atoms with Gasteiger partial charge in [0, 0.05) is 25.6 Å². The molecule has 2 N–H and O–H groups in total. The first-order chi connectivity index (χ1) is 22.5. The number of carbonyl (C=O) groups is 4. The second kappa shape index (κ2) is 21.6. The Balaban J connectivity index is 1.39. The van der Waals surface area contributed by atoms with E-state index in [4.69, 9.17) is 23.7 Å². The lowest BCUT2D eigenvalue weighted by molar-refractivity contribution is -0.142. The van der Waals surface area contributed by atoms with E-state index < -0.39 is 47.2 Å². The molecule has 0 heterocycles. The number of amides is 2. The van der Waals surface area contributed by atoms with Gasteiger partial charge >= 0.3 is 11.9 Å². The van der Waals surface area contributed by atoms with E-state index in [2.05, 4.69) is 15.4 Å². The first kappa shape index (κ1) is 39.0. The van der Waals surface area contributed by atoms with Crippen LogP contribution in [0, 0.1) is 29.1 Å². The zero-order valence-corrected chi connectivity index (χ0v) is 25.5. The van der Waals surface area contributed by atoms with Crippen LogP contribution in [0.25, 0.3) is 0 Å². The van der Waals surface area contributed by atoms with Crippen LogP contribution in [0.1, 0.15) is 31.7 Å². The lowest BCUT2D eigenvalue weighted by atomic mass is 10.2. The number of esters is 2. The largest absolute Gasteiger partial charge is 0.461 e. The van der Waals surface area contributed by atoms with Crippen LogP contribution in [-0.2, 0) is 49.5 Å². The molecular weight excluding hydrogens is 643 g/mol. The molecule has 0 aliphatic carbocycles. The summed E-state index contributed by atoms with van der Waals surface area (Å²) in [6.07, 6.45) is -0.340. The second-order valence-electron chi connectivity index (χ2n) is 9.45. The first-order valence-electron chi connectivity index (χ1n) is 14.3. The van der Waals surface area contributed by atoms with Crippen LogP contribution in [0.2, 0.25) is 0 Å². The van der Waals surface area contributed by atoms with Crippen molar-refractivity contribution in [3.05, 3.63) is 58.9 Å². The van der Waals surface area contributed by atoms with Gasteiger partial charge in [0.1, 0.15) is 6.61 Å². The molecule has 0 aliphatic heterocycles. The Kier molecular flexibility index (Phi) is 17.9. The van der Waals surface area contributed by atoms with E-state index in [1.165, 1.54) is 6.92 Å². The quantitative estimate of drug-likeness (QED) is 0.0475. The minimum absolute atomic E-state index is 0.00792. The van der Waals surface area contributed by atoms with Crippen LogP contribution in [-0.4, -0.2) is 83.2 Å². The van der Waals surface area contributed by atoms with Crippen molar-refractivity contribution in [2.75, 3.05) is 64.7 Å². The summed E-state index contributed by atoms with van der Waals surface area (Å²) >= 11 is 0. The first-order valence-corrected chi connectivity index (χ1v) is 14.3. The average Bonchev–Trinajstić information content (AvgIpc) is 3.04. The van der Waals surface area contributed by atoms with Crippen LogP contribution < -0.4 is 15.4 Å². The molecule has 0 aliphatic rings. The molecule has 0 saturated carbocycles. The summed E-state index contributed by atoms with van der Waals surface area (Å²) in [5, 5.41) is 5.37. The highest BCUT2D eigenvalue weighted by Gasteiger charge is 2.28. The molecule has 0 bridgehead atoms. The number of nitrogens with one attached hydrogen (secondary N) is 2. The summed E-state index contributed by atoms with van der Waals surface area (Å²) in [6.45, 7) is 2.53. The van der Waals surface area contributed by atoms with E-state index >= 15 is 0 Å². The van der Waals surface area contributed by atoms with Crippen molar-refractivity contribution in [2.45, 2.75) is 32.8 Å². The van der Waals surface area contributed by atoms with Gasteiger partial charge in [0.25, 0.3) is 0 Å². The molecule has 0 saturated heterocycles. The fraction of sp³-hybridized carbons (Fsp3) is 0.467. The number of benzene rings is 2. The van der Waals surface area contributed by atoms with Gasteiger partial charge in [0.05, 0.1) is 65.7 Å². The minimum Gasteiger partial charge on any atom is -0.461 e. The number of ether oxygens (including phenoxy) is 6. The highest BCUT2D eigenvalue weighted by molar-refractivity contribution is 5.90. The van der Waals surface area contributed by atoms with E-state index in [9.17, 15) is 41.1 Å². The van der Waals surface area contributed by atoms with Crippen LogP contribution in [0.3, 0.4) is 0 Å². The monoisotopic (exact) mass is 678 g/mol. The number of hydrogen-bond acceptors (Lipinski definition) is 10. The van der Waals surface area contributed by atoms with Crippen molar-refractivity contribution >= 4 is 29.4 Å². The fourth-order valence-electron chi connectivity index (χ4n) is 3.41. The van der Waals surface area contributed by atoms with Gasteiger partial charge in [0.15, 0.2) is 0 Å². The Hall–Kier alpha value is -4.19. The molecule has 2 amide bonds. The molecule has 12 nitrogen and oxygen atoms in total. The van der Waals surface area contributed by atoms with Gasteiger partial charge in [-0.15, -0.1) is 0 Å². The summed E-state index contributed by atoms with van der Waals surface area (Å²) in [5.41, 5.74) is 1.40. The maximum Gasteiger partial charge on any atom is 0.313 e. The van der Waals surface area contributed by atoms with Gasteiger partial charge in [-0.05, 0) is 17.7 Å². The number of anilines is 1. The van der Waals surface area contributed by atoms with E-state index in [-0.39, 0.29) is 96.6 Å². The van der Waals surface area contributed by atoms with Crippen molar-refractivity contribution in [3.8, 4) is 5.75 Å². The summed E-state index contributed by atoms with van der Waals surface area (Å²) in [7, 11) is 0. The highest BCUT2D eigenvalue weighted by atomic mass is 19.2. The Morgan fingerprint density at radius 1 is 0.617 bits per heavy atom. The van der Waals surface area contributed by atoms with Crippen LogP contribution in [0.4, 0.5) is 27.6 Å². The maximum absolute atomic E-state index is 13.5. The van der Waals surface area contributed by atoms with E-state index in [1.54, 1.807) is 24.3 Å². The molecule has 0 radical (unpaired) electrons. The molecular formula is C30H35F5N2O10. The van der Waals surface area contributed by atoms with E-state index in [0.29, 0.717) is 5.69 Å². The Labute approximate surface area is 266 Å². The summed E-state index contributed by atoms with van der Waals surface area (Å²) in [6, 6.07) is 6.89. The van der Waals surface area contributed by atoms with Gasteiger partial charge in [0.2, 0.25) is 46.6 Å². The van der Waals surface area contributed by atoms with Gasteiger partial charge in [-0.25, -0.2) is 13.2 Å². The number of rotatable bonds is 22. The molecule has 47 heavy (non-hydrogen) atoms. The average molecular weight is 679 g/mol. The molecule has 0 spiro atoms. The van der Waals surface area contributed by atoms with Gasteiger partial charge in [-0.1, -0.05) is 12.1 Å². The SMILES string of the molecule is CC(=O)OCc1ccc(NC(=O)CCOCCOCCNC(=O)CCOCCOCCC(=O)Oc2c(F)c(F)c(F)c(F)c2F)cc1. The number of halogens is 5. The van der Waals surface area contributed by atoms with Gasteiger partial charge in [-0.2, -0.15) is 8.78 Å². The second-order valence-corrected chi connectivity index (χ2v) is 9.45. The lowest BCUT2D eigenvalue weighted by Crippen LogP contribution is -2.28. The van der Waals surface area contributed by atoms with E-state index in [0.717, 1.165) is 5.56 Å². The molecule has 2 aromatic rings. The minimum atomic E-state index is -2.37. The fourth-order valence-corrected chi connectivity index (χ4v) is 3.41. The lowest BCUT2D eigenvalue weighted by Gasteiger charge is -2.09. The zero-order chi connectivity index (χ0) is 34.6.